The van der Waals surface area contributed by atoms with Crippen LogP contribution in [0.5, 0.6) is 0 Å². The molecule has 5 nitrogen and oxygen atoms in total. The molecular weight excluding hydrogens is 368 g/mol. The smallest absolute Gasteiger partial charge is 0.366 e. The maximum Gasteiger partial charge on any atom is 0.366 e. The number of rotatable bonds is 4. The summed E-state index contributed by atoms with van der Waals surface area (Å²) in [6, 6.07) is 0. The molecule has 0 aromatic carbocycles. The van der Waals surface area contributed by atoms with E-state index < -0.39 is 23.8 Å². The predicted octanol–water partition coefficient (Wildman–Crippen LogP) is 3.72. The SMILES string of the molecule is C[C@H](C(O)C(O)(O)C(=O)O)[C@H]1CC[C@H]2[C@@H]3CC=C4CCCC[C@]4(C)[C@H]3CC[C@]12C. The van der Waals surface area contributed by atoms with Crippen molar-refractivity contribution in [1.29, 1.82) is 0 Å². The molecule has 3 saturated carbocycles. The highest BCUT2D eigenvalue weighted by Crippen LogP contribution is 2.67. The van der Waals surface area contributed by atoms with E-state index in [4.69, 9.17) is 5.11 Å². The van der Waals surface area contributed by atoms with Gasteiger partial charge in [0.15, 0.2) is 0 Å². The first-order valence-corrected chi connectivity index (χ1v) is 11.6. The van der Waals surface area contributed by atoms with Crippen LogP contribution >= 0.6 is 0 Å². The first kappa shape index (κ1) is 21.3. The lowest BCUT2D eigenvalue weighted by Gasteiger charge is -2.58. The van der Waals surface area contributed by atoms with Gasteiger partial charge < -0.3 is 20.4 Å². The summed E-state index contributed by atoms with van der Waals surface area (Å²) >= 11 is 0. The Morgan fingerprint density at radius 2 is 1.86 bits per heavy atom. The molecule has 0 spiro atoms. The molecule has 0 amide bonds. The number of carboxylic acids is 1. The Morgan fingerprint density at radius 1 is 1.14 bits per heavy atom. The molecule has 29 heavy (non-hydrogen) atoms. The lowest BCUT2D eigenvalue weighted by Crippen LogP contribution is -2.55. The Morgan fingerprint density at radius 3 is 2.55 bits per heavy atom. The molecule has 0 aromatic heterocycles. The molecule has 0 aliphatic heterocycles. The molecular formula is C24H38O5. The molecule has 0 bridgehead atoms. The summed E-state index contributed by atoms with van der Waals surface area (Å²) in [7, 11) is 0. The highest BCUT2D eigenvalue weighted by atomic mass is 16.6. The molecule has 4 rings (SSSR count). The fourth-order valence-electron chi connectivity index (χ4n) is 8.32. The highest BCUT2D eigenvalue weighted by Gasteiger charge is 2.60. The van der Waals surface area contributed by atoms with Crippen LogP contribution in [0.3, 0.4) is 0 Å². The number of hydrogen-bond donors (Lipinski definition) is 4. The molecule has 0 heterocycles. The van der Waals surface area contributed by atoms with Crippen LogP contribution < -0.4 is 0 Å². The molecule has 164 valence electrons. The van der Waals surface area contributed by atoms with Gasteiger partial charge in [0.25, 0.3) is 5.79 Å². The lowest BCUT2D eigenvalue weighted by molar-refractivity contribution is -0.249. The average Bonchev–Trinajstić information content (AvgIpc) is 3.03. The van der Waals surface area contributed by atoms with Gasteiger partial charge in [0.1, 0.15) is 6.10 Å². The second kappa shape index (κ2) is 7.06. The zero-order valence-electron chi connectivity index (χ0n) is 18.1. The number of carboxylic acid groups (broad SMARTS) is 1. The van der Waals surface area contributed by atoms with Gasteiger partial charge in [-0.1, -0.05) is 38.8 Å². The lowest BCUT2D eigenvalue weighted by atomic mass is 9.47. The minimum atomic E-state index is -3.09. The monoisotopic (exact) mass is 406 g/mol. The van der Waals surface area contributed by atoms with Gasteiger partial charge in [-0.05, 0) is 91.8 Å². The van der Waals surface area contributed by atoms with E-state index in [0.29, 0.717) is 17.3 Å². The van der Waals surface area contributed by atoms with Crippen molar-refractivity contribution in [2.75, 3.05) is 0 Å². The van der Waals surface area contributed by atoms with Gasteiger partial charge in [0, 0.05) is 0 Å². The van der Waals surface area contributed by atoms with Gasteiger partial charge in [-0.2, -0.15) is 0 Å². The first-order chi connectivity index (χ1) is 13.5. The first-order valence-electron chi connectivity index (χ1n) is 11.6. The fraction of sp³-hybridized carbons (Fsp3) is 0.875. The zero-order valence-corrected chi connectivity index (χ0v) is 18.1. The van der Waals surface area contributed by atoms with Crippen LogP contribution in [0.15, 0.2) is 11.6 Å². The summed E-state index contributed by atoms with van der Waals surface area (Å²) in [5.74, 6) is -3.30. The van der Waals surface area contributed by atoms with Gasteiger partial charge in [-0.15, -0.1) is 0 Å². The highest BCUT2D eigenvalue weighted by molar-refractivity contribution is 5.75. The van der Waals surface area contributed by atoms with Gasteiger partial charge in [-0.25, -0.2) is 4.79 Å². The molecule has 3 fully saturated rings. The van der Waals surface area contributed by atoms with Crippen molar-refractivity contribution >= 4 is 5.97 Å². The van der Waals surface area contributed by atoms with Crippen LogP contribution in [0.4, 0.5) is 0 Å². The van der Waals surface area contributed by atoms with Crippen LogP contribution in [-0.2, 0) is 4.79 Å². The fourth-order valence-corrected chi connectivity index (χ4v) is 8.32. The van der Waals surface area contributed by atoms with E-state index in [9.17, 15) is 20.1 Å². The predicted molar refractivity (Wildman–Crippen MR) is 110 cm³/mol. The van der Waals surface area contributed by atoms with E-state index >= 15 is 0 Å². The van der Waals surface area contributed by atoms with Crippen molar-refractivity contribution in [3.05, 3.63) is 11.6 Å². The number of allylic oxidation sites excluding steroid dienone is 2. The average molecular weight is 407 g/mol. The van der Waals surface area contributed by atoms with Crippen molar-refractivity contribution in [2.45, 2.75) is 90.4 Å². The van der Waals surface area contributed by atoms with Crippen LogP contribution in [0, 0.1) is 40.4 Å². The van der Waals surface area contributed by atoms with Crippen LogP contribution in [0.1, 0.15) is 78.6 Å². The van der Waals surface area contributed by atoms with Gasteiger partial charge in [0.05, 0.1) is 0 Å². The molecule has 0 aromatic rings. The van der Waals surface area contributed by atoms with Crippen LogP contribution in [0.25, 0.3) is 0 Å². The van der Waals surface area contributed by atoms with Crippen LogP contribution in [-0.4, -0.2) is 38.3 Å². The molecule has 5 heteroatoms. The molecule has 0 radical (unpaired) electrons. The quantitative estimate of drug-likeness (QED) is 0.421. The van der Waals surface area contributed by atoms with E-state index in [2.05, 4.69) is 19.9 Å². The van der Waals surface area contributed by atoms with Gasteiger partial charge in [-0.3, -0.25) is 0 Å². The normalized spacial score (nSPS) is 44.1. The summed E-state index contributed by atoms with van der Waals surface area (Å²) in [6.45, 7) is 6.60. The van der Waals surface area contributed by atoms with Gasteiger partial charge in [0.2, 0.25) is 0 Å². The standard InChI is InChI=1S/C24H38O5/c1-14(20(25)24(28,29)21(26)27)17-9-10-18-16-8-7-15-6-4-5-12-22(15,2)19(16)11-13-23(17,18)3/h7,14,16-20,25,28-29H,4-6,8-13H2,1-3H3,(H,26,27)/t14-,16-,17+,18-,19-,20?,22-,23+/m0/s1. The third-order valence-corrected chi connectivity index (χ3v) is 9.95. The Labute approximate surface area is 174 Å². The van der Waals surface area contributed by atoms with E-state index in [1.807, 2.05) is 0 Å². The maximum atomic E-state index is 11.2. The summed E-state index contributed by atoms with van der Waals surface area (Å²) in [5, 5.41) is 39.5. The molecule has 4 aliphatic rings. The minimum Gasteiger partial charge on any atom is -0.477 e. The molecule has 8 atom stereocenters. The molecule has 0 saturated heterocycles. The van der Waals surface area contributed by atoms with Crippen molar-refractivity contribution in [1.82, 2.24) is 0 Å². The summed E-state index contributed by atoms with van der Waals surface area (Å²) in [4.78, 5) is 11.2. The molecule has 4 N–H and O–H groups in total. The zero-order chi connectivity index (χ0) is 21.2. The molecule has 1 unspecified atom stereocenters. The maximum absolute atomic E-state index is 11.2. The Balaban J connectivity index is 1.58. The second-order valence-corrected chi connectivity index (χ2v) is 11.0. The minimum absolute atomic E-state index is 0.0204. The van der Waals surface area contributed by atoms with Crippen LogP contribution in [0.2, 0.25) is 0 Å². The van der Waals surface area contributed by atoms with Gasteiger partial charge >= 0.3 is 5.97 Å². The Kier molecular flexibility index (Phi) is 5.20. The topological polar surface area (TPSA) is 98.0 Å². The number of carbonyl (C=O) groups is 1. The number of aliphatic carboxylic acids is 1. The van der Waals surface area contributed by atoms with E-state index in [0.717, 1.165) is 31.6 Å². The Hall–Kier alpha value is -0.910. The summed E-state index contributed by atoms with van der Waals surface area (Å²) in [6.07, 6.45) is 11.5. The third kappa shape index (κ3) is 3.02. The number of hydrogen-bond acceptors (Lipinski definition) is 4. The number of aliphatic hydroxyl groups excluding tert-OH is 1. The summed E-state index contributed by atoms with van der Waals surface area (Å²) < 4.78 is 0. The third-order valence-electron chi connectivity index (χ3n) is 9.95. The Bertz CT molecular complexity index is 699. The number of fused-ring (bicyclic) bond motifs is 5. The van der Waals surface area contributed by atoms with Crippen molar-refractivity contribution in [2.24, 2.45) is 40.4 Å². The number of aliphatic hydroxyl groups is 3. The van der Waals surface area contributed by atoms with Crippen molar-refractivity contribution in [3.63, 3.8) is 0 Å². The van der Waals surface area contributed by atoms with Crippen molar-refractivity contribution in [3.8, 4) is 0 Å². The van der Waals surface area contributed by atoms with Crippen molar-refractivity contribution < 1.29 is 25.2 Å². The summed E-state index contributed by atoms with van der Waals surface area (Å²) in [5.41, 5.74) is 2.06. The largest absolute Gasteiger partial charge is 0.477 e. The second-order valence-electron chi connectivity index (χ2n) is 11.0. The van der Waals surface area contributed by atoms with E-state index in [1.54, 1.807) is 12.5 Å². The molecule has 4 aliphatic carbocycles. The van der Waals surface area contributed by atoms with E-state index in [-0.39, 0.29) is 11.3 Å². The van der Waals surface area contributed by atoms with E-state index in [1.165, 1.54) is 32.1 Å².